The van der Waals surface area contributed by atoms with Gasteiger partial charge in [-0.15, -0.1) is 0 Å². The molecule has 24 heavy (non-hydrogen) atoms. The predicted octanol–water partition coefficient (Wildman–Crippen LogP) is 3.85. The zero-order valence-electron chi connectivity index (χ0n) is 13.3. The molecular weight excluding hydrogens is 329 g/mol. The van der Waals surface area contributed by atoms with Crippen LogP contribution in [-0.2, 0) is 10.0 Å². The van der Waals surface area contributed by atoms with Crippen LogP contribution in [-0.4, -0.2) is 15.5 Å². The van der Waals surface area contributed by atoms with Gasteiger partial charge in [0.1, 0.15) is 0 Å². The normalized spacial score (nSPS) is 14.3. The predicted molar refractivity (Wildman–Crippen MR) is 90.6 cm³/mol. The molecule has 0 saturated carbocycles. The summed E-state index contributed by atoms with van der Waals surface area (Å²) in [4.78, 5) is 0.127. The highest BCUT2D eigenvalue weighted by atomic mass is 32.2. The Labute approximate surface area is 141 Å². The molecule has 1 N–H and O–H groups in total. The summed E-state index contributed by atoms with van der Waals surface area (Å²) in [5.74, 6) is -0.415. The summed E-state index contributed by atoms with van der Waals surface area (Å²) < 4.78 is 47.0. The van der Waals surface area contributed by atoms with Crippen LogP contribution in [0.2, 0.25) is 0 Å². The molecule has 0 aliphatic heterocycles. The molecule has 0 aromatic heterocycles. The van der Waals surface area contributed by atoms with Crippen molar-refractivity contribution in [2.45, 2.75) is 24.2 Å². The van der Waals surface area contributed by atoms with Crippen molar-refractivity contribution in [2.75, 3.05) is 7.11 Å². The van der Waals surface area contributed by atoms with Gasteiger partial charge >= 0.3 is 0 Å². The van der Waals surface area contributed by atoms with Gasteiger partial charge in [0, 0.05) is 11.3 Å². The highest BCUT2D eigenvalue weighted by Crippen LogP contribution is 2.31. The molecule has 2 aromatic carbocycles. The Hall–Kier alpha value is -2.34. The van der Waals surface area contributed by atoms with E-state index in [9.17, 15) is 12.8 Å². The molecule has 3 rings (SSSR count). The second-order valence-electron chi connectivity index (χ2n) is 5.57. The van der Waals surface area contributed by atoms with E-state index >= 15 is 0 Å². The summed E-state index contributed by atoms with van der Waals surface area (Å²) in [5.41, 5.74) is 1.64. The molecule has 0 spiro atoms. The van der Waals surface area contributed by atoms with Crippen LogP contribution in [0.1, 0.15) is 19.3 Å². The summed E-state index contributed by atoms with van der Waals surface area (Å²) in [6.07, 6.45) is 4.44. The fourth-order valence-electron chi connectivity index (χ4n) is 2.76. The topological polar surface area (TPSA) is 55.4 Å². The zero-order chi connectivity index (χ0) is 17.2. The van der Waals surface area contributed by atoms with Crippen molar-refractivity contribution in [3.63, 3.8) is 0 Å². The molecule has 0 heterocycles. The Balaban J connectivity index is 2.03. The second kappa shape index (κ2) is 6.65. The third-order valence-electron chi connectivity index (χ3n) is 3.95. The van der Waals surface area contributed by atoms with Gasteiger partial charge in [-0.25, -0.2) is 12.8 Å². The van der Waals surface area contributed by atoms with Crippen LogP contribution in [0.4, 0.5) is 4.39 Å². The van der Waals surface area contributed by atoms with Crippen LogP contribution in [0.5, 0.6) is 5.75 Å². The summed E-state index contributed by atoms with van der Waals surface area (Å²) >= 11 is 0. The summed E-state index contributed by atoms with van der Waals surface area (Å²) in [6, 6.07) is 11.0. The van der Waals surface area contributed by atoms with E-state index in [-0.39, 0.29) is 10.6 Å². The van der Waals surface area contributed by atoms with Gasteiger partial charge < -0.3 is 4.74 Å². The number of nitrogens with one attached hydrogen (secondary N) is 1. The third kappa shape index (κ3) is 3.28. The average molecular weight is 347 g/mol. The number of rotatable bonds is 5. The molecule has 0 unspecified atom stereocenters. The average Bonchev–Trinajstić information content (AvgIpc) is 3.07. The SMILES string of the molecule is COc1ccc(-c2ccccc2S(=O)(=O)NC2=CCCC2)cc1F. The molecule has 6 heteroatoms. The van der Waals surface area contributed by atoms with Crippen LogP contribution in [0.15, 0.2) is 59.1 Å². The van der Waals surface area contributed by atoms with Gasteiger partial charge in [0.25, 0.3) is 10.0 Å². The lowest BCUT2D eigenvalue weighted by molar-refractivity contribution is 0.386. The molecule has 0 amide bonds. The largest absolute Gasteiger partial charge is 0.494 e. The Kier molecular flexibility index (Phi) is 4.57. The lowest BCUT2D eigenvalue weighted by Gasteiger charge is -2.13. The maximum Gasteiger partial charge on any atom is 0.262 e. The standard InChI is InChI=1S/C18H18FNO3S/c1-23-17-11-10-13(12-16(17)19)15-8-4-5-9-18(15)24(21,22)20-14-6-2-3-7-14/h4-6,8-12,20H,2-3,7H2,1H3. The zero-order valence-corrected chi connectivity index (χ0v) is 14.1. The highest BCUT2D eigenvalue weighted by molar-refractivity contribution is 7.89. The molecule has 126 valence electrons. The minimum absolute atomic E-state index is 0.119. The first kappa shape index (κ1) is 16.5. The monoisotopic (exact) mass is 347 g/mol. The molecule has 1 aliphatic carbocycles. The van der Waals surface area contributed by atoms with E-state index < -0.39 is 15.8 Å². The van der Waals surface area contributed by atoms with Crippen LogP contribution >= 0.6 is 0 Å². The number of allylic oxidation sites excluding steroid dienone is 2. The first-order valence-electron chi connectivity index (χ1n) is 7.66. The molecule has 0 radical (unpaired) electrons. The number of ether oxygens (including phenoxy) is 1. The smallest absolute Gasteiger partial charge is 0.262 e. The molecule has 0 bridgehead atoms. The van der Waals surface area contributed by atoms with Crippen LogP contribution in [0.25, 0.3) is 11.1 Å². The molecule has 1 aliphatic rings. The molecule has 2 aromatic rings. The van der Waals surface area contributed by atoms with Crippen molar-refractivity contribution in [2.24, 2.45) is 0 Å². The quantitative estimate of drug-likeness (QED) is 0.894. The van der Waals surface area contributed by atoms with Gasteiger partial charge in [0.2, 0.25) is 0 Å². The van der Waals surface area contributed by atoms with Crippen LogP contribution in [0, 0.1) is 5.82 Å². The van der Waals surface area contributed by atoms with E-state index in [1.807, 2.05) is 6.08 Å². The van der Waals surface area contributed by atoms with Crippen molar-refractivity contribution in [3.8, 4) is 16.9 Å². The van der Waals surface area contributed by atoms with E-state index in [2.05, 4.69) is 4.72 Å². The van der Waals surface area contributed by atoms with Crippen LogP contribution in [0.3, 0.4) is 0 Å². The van der Waals surface area contributed by atoms with Crippen molar-refractivity contribution in [1.29, 1.82) is 0 Å². The molecule has 0 atom stereocenters. The minimum Gasteiger partial charge on any atom is -0.494 e. The van der Waals surface area contributed by atoms with Gasteiger partial charge in [-0.3, -0.25) is 4.72 Å². The van der Waals surface area contributed by atoms with Gasteiger partial charge in [-0.05, 0) is 43.0 Å². The highest BCUT2D eigenvalue weighted by Gasteiger charge is 2.21. The fourth-order valence-corrected chi connectivity index (χ4v) is 4.14. The summed E-state index contributed by atoms with van der Waals surface area (Å²) in [7, 11) is -2.34. The minimum atomic E-state index is -3.72. The fraction of sp³-hybridized carbons (Fsp3) is 0.222. The number of methoxy groups -OCH3 is 1. The first-order valence-corrected chi connectivity index (χ1v) is 9.14. The second-order valence-corrected chi connectivity index (χ2v) is 7.22. The molecular formula is C18H18FNO3S. The Morgan fingerprint density at radius 1 is 1.17 bits per heavy atom. The number of benzene rings is 2. The summed E-state index contributed by atoms with van der Waals surface area (Å²) in [5, 5.41) is 0. The van der Waals surface area contributed by atoms with E-state index in [1.165, 1.54) is 25.3 Å². The summed E-state index contributed by atoms with van der Waals surface area (Å²) in [6.45, 7) is 0. The maximum absolute atomic E-state index is 14.0. The van der Waals surface area contributed by atoms with Crippen molar-refractivity contribution < 1.29 is 17.5 Å². The van der Waals surface area contributed by atoms with Crippen LogP contribution < -0.4 is 9.46 Å². The van der Waals surface area contributed by atoms with Gasteiger partial charge in [0.05, 0.1) is 12.0 Å². The lowest BCUT2D eigenvalue weighted by Crippen LogP contribution is -2.23. The van der Waals surface area contributed by atoms with Crippen molar-refractivity contribution in [1.82, 2.24) is 4.72 Å². The number of hydrogen-bond donors (Lipinski definition) is 1. The van der Waals surface area contributed by atoms with E-state index in [1.54, 1.807) is 24.3 Å². The molecule has 0 saturated heterocycles. The third-order valence-corrected chi connectivity index (χ3v) is 5.41. The Morgan fingerprint density at radius 2 is 1.96 bits per heavy atom. The lowest BCUT2D eigenvalue weighted by atomic mass is 10.1. The first-order chi connectivity index (χ1) is 11.5. The van der Waals surface area contributed by atoms with Gasteiger partial charge in [-0.2, -0.15) is 0 Å². The maximum atomic E-state index is 14.0. The van der Waals surface area contributed by atoms with Crippen molar-refractivity contribution in [3.05, 3.63) is 60.1 Å². The Bertz CT molecular complexity index is 891. The van der Waals surface area contributed by atoms with E-state index in [0.29, 0.717) is 16.8 Å². The van der Waals surface area contributed by atoms with E-state index in [0.717, 1.165) is 19.3 Å². The number of hydrogen-bond acceptors (Lipinski definition) is 3. The molecule has 0 fully saturated rings. The van der Waals surface area contributed by atoms with E-state index in [4.69, 9.17) is 4.74 Å². The molecule has 4 nitrogen and oxygen atoms in total. The Morgan fingerprint density at radius 3 is 2.62 bits per heavy atom. The van der Waals surface area contributed by atoms with Gasteiger partial charge in [0.15, 0.2) is 11.6 Å². The van der Waals surface area contributed by atoms with Gasteiger partial charge in [-0.1, -0.05) is 30.3 Å². The number of sulfonamides is 1. The number of halogens is 1. The van der Waals surface area contributed by atoms with Crippen molar-refractivity contribution >= 4 is 10.0 Å².